The molecule has 3 heterocycles. The molecule has 2 aromatic rings. The molecule has 6 heteroatoms. The smallest absolute Gasteiger partial charge is 0.251 e. The highest BCUT2D eigenvalue weighted by molar-refractivity contribution is 5.16. The molecule has 0 amide bonds. The van der Waals surface area contributed by atoms with Gasteiger partial charge in [-0.25, -0.2) is 4.98 Å². The van der Waals surface area contributed by atoms with Crippen molar-refractivity contribution in [3.05, 3.63) is 52.5 Å². The molecule has 1 saturated heterocycles. The zero-order valence-corrected chi connectivity index (χ0v) is 12.7. The molecule has 0 aromatic carbocycles. The van der Waals surface area contributed by atoms with E-state index < -0.39 is 0 Å². The first-order valence-corrected chi connectivity index (χ1v) is 7.61. The van der Waals surface area contributed by atoms with Gasteiger partial charge >= 0.3 is 0 Å². The highest BCUT2D eigenvalue weighted by Gasteiger charge is 2.24. The first-order chi connectivity index (χ1) is 10.7. The summed E-state index contributed by atoms with van der Waals surface area (Å²) in [6, 6.07) is 5.34. The van der Waals surface area contributed by atoms with Gasteiger partial charge in [-0.1, -0.05) is 6.92 Å². The van der Waals surface area contributed by atoms with Crippen LogP contribution >= 0.6 is 0 Å². The van der Waals surface area contributed by atoms with Crippen molar-refractivity contribution >= 4 is 0 Å². The van der Waals surface area contributed by atoms with Gasteiger partial charge in [0, 0.05) is 31.0 Å². The van der Waals surface area contributed by atoms with Crippen LogP contribution in [0.5, 0.6) is 5.75 Å². The Hall–Kier alpha value is -2.21. The number of nitrogens with zero attached hydrogens (tertiary/aromatic N) is 3. The fourth-order valence-electron chi connectivity index (χ4n) is 2.68. The van der Waals surface area contributed by atoms with Crippen molar-refractivity contribution < 1.29 is 4.74 Å². The van der Waals surface area contributed by atoms with Crippen molar-refractivity contribution in [1.29, 1.82) is 0 Å². The van der Waals surface area contributed by atoms with Gasteiger partial charge < -0.3 is 9.72 Å². The largest absolute Gasteiger partial charge is 0.487 e. The minimum Gasteiger partial charge on any atom is -0.487 e. The molecule has 0 spiro atoms. The zero-order chi connectivity index (χ0) is 15.4. The summed E-state index contributed by atoms with van der Waals surface area (Å²) in [6.07, 6.45) is 5.35. The van der Waals surface area contributed by atoms with Crippen molar-refractivity contribution in [2.45, 2.75) is 32.4 Å². The molecule has 1 atom stereocenters. The topological polar surface area (TPSA) is 71.1 Å². The van der Waals surface area contributed by atoms with E-state index in [0.717, 1.165) is 43.2 Å². The van der Waals surface area contributed by atoms with Gasteiger partial charge in [0.05, 0.1) is 12.7 Å². The molecule has 0 saturated carbocycles. The van der Waals surface area contributed by atoms with Gasteiger partial charge in [0.15, 0.2) is 0 Å². The summed E-state index contributed by atoms with van der Waals surface area (Å²) < 4.78 is 5.92. The lowest BCUT2D eigenvalue weighted by molar-refractivity contribution is 0.196. The average molecular weight is 300 g/mol. The molecule has 1 fully saturated rings. The summed E-state index contributed by atoms with van der Waals surface area (Å²) in [4.78, 5) is 25.2. The third-order valence-corrected chi connectivity index (χ3v) is 3.75. The molecule has 1 aliphatic rings. The molecular weight excluding hydrogens is 280 g/mol. The SMILES string of the molecule is CCc1cc(=O)[nH]c(CN2CC[C@H](Oc3cccnc3)C2)n1. The first-order valence-electron chi connectivity index (χ1n) is 7.61. The van der Waals surface area contributed by atoms with E-state index in [4.69, 9.17) is 4.74 Å². The second-order valence-corrected chi connectivity index (χ2v) is 5.49. The van der Waals surface area contributed by atoms with E-state index >= 15 is 0 Å². The maximum Gasteiger partial charge on any atom is 0.251 e. The number of hydrogen-bond donors (Lipinski definition) is 1. The van der Waals surface area contributed by atoms with Gasteiger partial charge in [-0.3, -0.25) is 14.7 Å². The molecule has 0 aliphatic carbocycles. The number of pyridine rings is 1. The maximum atomic E-state index is 11.6. The Morgan fingerprint density at radius 3 is 3.18 bits per heavy atom. The molecular formula is C16H20N4O2. The monoisotopic (exact) mass is 300 g/mol. The van der Waals surface area contributed by atoms with Gasteiger partial charge in [0.2, 0.25) is 0 Å². The molecule has 1 N–H and O–H groups in total. The molecule has 6 nitrogen and oxygen atoms in total. The minimum absolute atomic E-state index is 0.0794. The molecule has 0 radical (unpaired) electrons. The number of aromatic amines is 1. The molecule has 3 rings (SSSR count). The highest BCUT2D eigenvalue weighted by atomic mass is 16.5. The number of hydrogen-bond acceptors (Lipinski definition) is 5. The highest BCUT2D eigenvalue weighted by Crippen LogP contribution is 2.18. The van der Waals surface area contributed by atoms with Crippen LogP contribution in [0.25, 0.3) is 0 Å². The van der Waals surface area contributed by atoms with E-state index in [2.05, 4.69) is 19.9 Å². The van der Waals surface area contributed by atoms with Crippen LogP contribution in [0.2, 0.25) is 0 Å². The normalized spacial score (nSPS) is 18.5. The van der Waals surface area contributed by atoms with Crippen molar-refractivity contribution in [1.82, 2.24) is 19.9 Å². The van der Waals surface area contributed by atoms with Gasteiger partial charge in [-0.05, 0) is 25.0 Å². The van der Waals surface area contributed by atoms with Gasteiger partial charge in [-0.15, -0.1) is 0 Å². The third kappa shape index (κ3) is 3.71. The van der Waals surface area contributed by atoms with Gasteiger partial charge in [-0.2, -0.15) is 0 Å². The minimum atomic E-state index is -0.0794. The van der Waals surface area contributed by atoms with E-state index in [0.29, 0.717) is 6.54 Å². The Labute approximate surface area is 129 Å². The standard InChI is InChI=1S/C16H20N4O2/c1-2-12-8-16(21)19-15(18-12)11-20-7-5-14(10-20)22-13-4-3-6-17-9-13/h3-4,6,8-9,14H,2,5,7,10-11H2,1H3,(H,18,19,21)/t14-/m0/s1. The fraction of sp³-hybridized carbons (Fsp3) is 0.438. The summed E-state index contributed by atoms with van der Waals surface area (Å²) >= 11 is 0. The van der Waals surface area contributed by atoms with Crippen molar-refractivity contribution in [3.63, 3.8) is 0 Å². The maximum absolute atomic E-state index is 11.6. The van der Waals surface area contributed by atoms with E-state index in [1.807, 2.05) is 19.1 Å². The summed E-state index contributed by atoms with van der Waals surface area (Å²) in [5, 5.41) is 0. The van der Waals surface area contributed by atoms with Gasteiger partial charge in [0.25, 0.3) is 5.56 Å². The van der Waals surface area contributed by atoms with Crippen LogP contribution < -0.4 is 10.3 Å². The number of likely N-dealkylation sites (tertiary alicyclic amines) is 1. The Balaban J connectivity index is 1.59. The number of H-pyrrole nitrogens is 1. The lowest BCUT2D eigenvalue weighted by Crippen LogP contribution is -2.26. The van der Waals surface area contributed by atoms with Crippen molar-refractivity contribution in [2.75, 3.05) is 13.1 Å². The van der Waals surface area contributed by atoms with Crippen LogP contribution in [0.1, 0.15) is 24.9 Å². The van der Waals surface area contributed by atoms with Crippen molar-refractivity contribution in [3.8, 4) is 5.75 Å². The summed E-state index contributed by atoms with van der Waals surface area (Å²) in [6.45, 7) is 4.41. The number of aryl methyl sites for hydroxylation is 1. The fourth-order valence-corrected chi connectivity index (χ4v) is 2.68. The Kier molecular flexibility index (Phi) is 4.48. The first kappa shape index (κ1) is 14.7. The van der Waals surface area contributed by atoms with Gasteiger partial charge in [0.1, 0.15) is 17.7 Å². The third-order valence-electron chi connectivity index (χ3n) is 3.75. The van der Waals surface area contributed by atoms with Crippen molar-refractivity contribution in [2.24, 2.45) is 0 Å². The number of rotatable bonds is 5. The molecule has 2 aromatic heterocycles. The summed E-state index contributed by atoms with van der Waals surface area (Å²) in [5.74, 6) is 1.53. The second kappa shape index (κ2) is 6.70. The molecule has 22 heavy (non-hydrogen) atoms. The van der Waals surface area contributed by atoms with Crippen LogP contribution in [0.3, 0.4) is 0 Å². The predicted octanol–water partition coefficient (Wildman–Crippen LogP) is 1.38. The second-order valence-electron chi connectivity index (χ2n) is 5.49. The number of nitrogens with one attached hydrogen (secondary N) is 1. The van der Waals surface area contributed by atoms with E-state index in [1.165, 1.54) is 0 Å². The molecule has 0 bridgehead atoms. The van der Waals surface area contributed by atoms with E-state index in [9.17, 15) is 4.79 Å². The lowest BCUT2D eigenvalue weighted by atomic mass is 10.3. The van der Waals surface area contributed by atoms with Crippen LogP contribution in [0.15, 0.2) is 35.4 Å². The van der Waals surface area contributed by atoms with Crippen LogP contribution in [-0.4, -0.2) is 39.0 Å². The van der Waals surface area contributed by atoms with E-state index in [1.54, 1.807) is 18.5 Å². The number of ether oxygens (including phenoxy) is 1. The molecule has 1 aliphatic heterocycles. The Bertz CT molecular complexity index is 671. The average Bonchev–Trinajstić information content (AvgIpc) is 2.94. The zero-order valence-electron chi connectivity index (χ0n) is 12.7. The Morgan fingerprint density at radius 1 is 1.50 bits per heavy atom. The van der Waals surface area contributed by atoms with E-state index in [-0.39, 0.29) is 11.7 Å². The van der Waals surface area contributed by atoms with Crippen LogP contribution in [0.4, 0.5) is 0 Å². The molecule has 0 unspecified atom stereocenters. The predicted molar refractivity (Wildman–Crippen MR) is 82.8 cm³/mol. The summed E-state index contributed by atoms with van der Waals surface area (Å²) in [5.41, 5.74) is 0.755. The van der Waals surface area contributed by atoms with Crippen LogP contribution in [-0.2, 0) is 13.0 Å². The molecule has 116 valence electrons. The number of aromatic nitrogens is 3. The lowest BCUT2D eigenvalue weighted by Gasteiger charge is -2.16. The quantitative estimate of drug-likeness (QED) is 0.903. The van der Waals surface area contributed by atoms with Crippen LogP contribution in [0, 0.1) is 0 Å². The Morgan fingerprint density at radius 2 is 2.41 bits per heavy atom. The summed E-state index contributed by atoms with van der Waals surface area (Å²) in [7, 11) is 0.